The van der Waals surface area contributed by atoms with Gasteiger partial charge in [-0.2, -0.15) is 4.39 Å². The molecule has 1 heterocycles. The van der Waals surface area contributed by atoms with Crippen LogP contribution >= 0.6 is 0 Å². The number of rotatable bonds is 10. The Balaban J connectivity index is 1.99. The Morgan fingerprint density at radius 3 is 2.05 bits per heavy atom. The van der Waals surface area contributed by atoms with Crippen molar-refractivity contribution in [2.75, 3.05) is 26.7 Å². The van der Waals surface area contributed by atoms with Crippen LogP contribution in [-0.4, -0.2) is 63.6 Å². The highest BCUT2D eigenvalue weighted by Crippen LogP contribution is 2.48. The molecule has 0 atom stereocenters. The summed E-state index contributed by atoms with van der Waals surface area (Å²) in [7, 11) is 1.93. The van der Waals surface area contributed by atoms with Gasteiger partial charge in [-0.1, -0.05) is 42.0 Å². The molecule has 2 aromatic carbocycles. The molecule has 0 radical (unpaired) electrons. The second kappa shape index (κ2) is 11.1. The summed E-state index contributed by atoms with van der Waals surface area (Å²) in [5, 5.41) is 31.8. The van der Waals surface area contributed by atoms with E-state index in [1.54, 1.807) is 18.7 Å². The van der Waals surface area contributed by atoms with Gasteiger partial charge in [-0.15, -0.1) is 0 Å². The van der Waals surface area contributed by atoms with Crippen LogP contribution < -0.4 is 0 Å². The van der Waals surface area contributed by atoms with Crippen molar-refractivity contribution in [3.8, 4) is 0 Å². The summed E-state index contributed by atoms with van der Waals surface area (Å²) in [6, 6.07) is 11.6. The Labute approximate surface area is 220 Å². The lowest BCUT2D eigenvalue weighted by Crippen LogP contribution is -2.46. The minimum Gasteiger partial charge on any atom is -0.478 e. The number of nitro benzene ring substituents is 1. The Morgan fingerprint density at radius 2 is 1.55 bits per heavy atom. The van der Waals surface area contributed by atoms with Crippen molar-refractivity contribution in [2.45, 2.75) is 39.5 Å². The summed E-state index contributed by atoms with van der Waals surface area (Å²) in [5.74, 6) is -4.12. The van der Waals surface area contributed by atoms with Crippen LogP contribution in [0, 0.1) is 22.9 Å². The lowest BCUT2D eigenvalue weighted by Gasteiger charge is -2.43. The van der Waals surface area contributed by atoms with Crippen molar-refractivity contribution < 1.29 is 29.1 Å². The fourth-order valence-electron chi connectivity index (χ4n) is 5.22. The molecule has 0 spiro atoms. The highest BCUT2D eigenvalue weighted by atomic mass is 19.1. The van der Waals surface area contributed by atoms with Crippen LogP contribution in [0.25, 0.3) is 0 Å². The van der Waals surface area contributed by atoms with Gasteiger partial charge >= 0.3 is 17.6 Å². The number of allylic oxidation sites excluding steroid dienone is 2. The van der Waals surface area contributed by atoms with Gasteiger partial charge in [-0.3, -0.25) is 10.1 Å². The average Bonchev–Trinajstić information content (AvgIpc) is 2.82. The van der Waals surface area contributed by atoms with Crippen molar-refractivity contribution in [2.24, 2.45) is 0 Å². The van der Waals surface area contributed by atoms with E-state index in [4.69, 9.17) is 0 Å². The molecule has 2 aromatic rings. The van der Waals surface area contributed by atoms with Gasteiger partial charge in [0.25, 0.3) is 0 Å². The quantitative estimate of drug-likeness (QED) is 0.343. The van der Waals surface area contributed by atoms with Crippen LogP contribution in [0.2, 0.25) is 0 Å². The van der Waals surface area contributed by atoms with Crippen LogP contribution in [0.4, 0.5) is 10.1 Å². The van der Waals surface area contributed by atoms with Gasteiger partial charge in [-0.05, 0) is 46.7 Å². The highest BCUT2D eigenvalue weighted by molar-refractivity contribution is 6.00. The molecule has 10 heteroatoms. The van der Waals surface area contributed by atoms with E-state index in [2.05, 4.69) is 17.0 Å². The van der Waals surface area contributed by atoms with E-state index < -0.39 is 33.8 Å². The molecule has 0 unspecified atom stereocenters. The molecule has 0 aliphatic carbocycles. The lowest BCUT2D eigenvalue weighted by atomic mass is 9.66. The zero-order valence-corrected chi connectivity index (χ0v) is 22.1. The molecular formula is C28H32FN3O6. The summed E-state index contributed by atoms with van der Waals surface area (Å²) in [6.45, 7) is 7.94. The third-order valence-electron chi connectivity index (χ3n) is 7.28. The molecule has 0 fully saturated rings. The molecular weight excluding hydrogens is 493 g/mol. The van der Waals surface area contributed by atoms with Gasteiger partial charge in [0.15, 0.2) is 0 Å². The summed E-state index contributed by atoms with van der Waals surface area (Å²) >= 11 is 0. The van der Waals surface area contributed by atoms with E-state index in [-0.39, 0.29) is 28.1 Å². The van der Waals surface area contributed by atoms with Crippen molar-refractivity contribution in [3.63, 3.8) is 0 Å². The van der Waals surface area contributed by atoms with Crippen molar-refractivity contribution in [1.82, 2.24) is 9.80 Å². The first-order valence-corrected chi connectivity index (χ1v) is 12.1. The molecule has 0 saturated carbocycles. The number of carboxylic acid groups (broad SMARTS) is 2. The van der Waals surface area contributed by atoms with E-state index in [0.29, 0.717) is 13.1 Å². The number of nitro groups is 1. The molecule has 1 aliphatic heterocycles. The SMILES string of the molecule is CC1=C(C(=O)O)C(C)(c2cccc([N+](=O)[O-])c2F)C(C(=O)O)=C(C)N1CCN(C)CCc1ccc(C)cc1. The van der Waals surface area contributed by atoms with Crippen LogP contribution in [0.3, 0.4) is 0 Å². The molecule has 1 aliphatic rings. The van der Waals surface area contributed by atoms with Crippen molar-refractivity contribution in [1.29, 1.82) is 0 Å². The van der Waals surface area contributed by atoms with E-state index >= 15 is 4.39 Å². The Hall–Kier alpha value is -4.05. The second-order valence-corrected chi connectivity index (χ2v) is 9.74. The zero-order chi connectivity index (χ0) is 28.4. The standard InChI is InChI=1S/C28H32FN3O6/c1-17-9-11-20(12-10-17)13-14-30(5)15-16-31-18(2)23(26(33)34)28(4,24(19(31)3)27(35)36)21-7-6-8-22(25(21)29)32(37)38/h6-12H,13-16H2,1-5H3,(H,33,34)(H,35,36). The van der Waals surface area contributed by atoms with Gasteiger partial charge in [0.2, 0.25) is 5.82 Å². The van der Waals surface area contributed by atoms with Gasteiger partial charge in [0.1, 0.15) is 0 Å². The van der Waals surface area contributed by atoms with Crippen molar-refractivity contribution >= 4 is 17.6 Å². The maximum absolute atomic E-state index is 15.4. The number of hydrogen-bond donors (Lipinski definition) is 2. The highest BCUT2D eigenvalue weighted by Gasteiger charge is 2.50. The lowest BCUT2D eigenvalue weighted by molar-refractivity contribution is -0.387. The summed E-state index contributed by atoms with van der Waals surface area (Å²) in [5.41, 5.74) is -1.04. The van der Waals surface area contributed by atoms with Crippen molar-refractivity contribution in [3.05, 3.63) is 97.6 Å². The molecule has 0 amide bonds. The van der Waals surface area contributed by atoms with Crippen LogP contribution in [0.5, 0.6) is 0 Å². The van der Waals surface area contributed by atoms with Crippen LogP contribution in [0.1, 0.15) is 37.5 Å². The number of halogens is 1. The Morgan fingerprint density at radius 1 is 1.00 bits per heavy atom. The molecule has 0 aromatic heterocycles. The molecule has 9 nitrogen and oxygen atoms in total. The van der Waals surface area contributed by atoms with Gasteiger partial charge in [0, 0.05) is 42.7 Å². The van der Waals surface area contributed by atoms with Crippen LogP contribution in [0.15, 0.2) is 65.0 Å². The minimum absolute atomic E-state index is 0.250. The van der Waals surface area contributed by atoms with Crippen LogP contribution in [-0.2, 0) is 21.4 Å². The van der Waals surface area contributed by atoms with E-state index in [0.717, 1.165) is 19.0 Å². The Kier molecular flexibility index (Phi) is 8.36. The molecule has 0 saturated heterocycles. The molecule has 0 bridgehead atoms. The maximum Gasteiger partial charge on any atom is 0.334 e. The first kappa shape index (κ1) is 28.5. The summed E-state index contributed by atoms with van der Waals surface area (Å²) in [6.07, 6.45) is 0.811. The fraction of sp³-hybridized carbons (Fsp3) is 0.357. The second-order valence-electron chi connectivity index (χ2n) is 9.74. The maximum atomic E-state index is 15.4. The van der Waals surface area contributed by atoms with E-state index in [1.807, 2.05) is 26.1 Å². The normalized spacial score (nSPS) is 15.3. The van der Waals surface area contributed by atoms with Gasteiger partial charge in [0.05, 0.1) is 21.5 Å². The first-order valence-electron chi connectivity index (χ1n) is 12.1. The third kappa shape index (κ3) is 5.31. The minimum atomic E-state index is -1.98. The molecule has 2 N–H and O–H groups in total. The fourth-order valence-corrected chi connectivity index (χ4v) is 5.22. The zero-order valence-electron chi connectivity index (χ0n) is 22.1. The monoisotopic (exact) mass is 525 g/mol. The first-order chi connectivity index (χ1) is 17.8. The summed E-state index contributed by atoms with van der Waals surface area (Å²) in [4.78, 5) is 39.3. The number of hydrogen-bond acceptors (Lipinski definition) is 6. The number of likely N-dealkylation sites (N-methyl/N-ethyl adjacent to an activating group) is 1. The smallest absolute Gasteiger partial charge is 0.334 e. The largest absolute Gasteiger partial charge is 0.478 e. The number of carboxylic acids is 2. The van der Waals surface area contributed by atoms with Gasteiger partial charge < -0.3 is 20.0 Å². The van der Waals surface area contributed by atoms with E-state index in [9.17, 15) is 29.9 Å². The number of nitrogens with zero attached hydrogens (tertiary/aromatic N) is 3. The Bertz CT molecular complexity index is 1290. The average molecular weight is 526 g/mol. The predicted octanol–water partition coefficient (Wildman–Crippen LogP) is 4.51. The number of aryl methyl sites for hydroxylation is 1. The van der Waals surface area contributed by atoms with E-state index in [1.165, 1.54) is 30.2 Å². The topological polar surface area (TPSA) is 124 Å². The molecule has 3 rings (SSSR count). The number of aliphatic carboxylic acids is 2. The predicted molar refractivity (Wildman–Crippen MR) is 140 cm³/mol. The molecule has 202 valence electrons. The van der Waals surface area contributed by atoms with Gasteiger partial charge in [-0.25, -0.2) is 9.59 Å². The number of benzene rings is 2. The molecule has 38 heavy (non-hydrogen) atoms. The summed E-state index contributed by atoms with van der Waals surface area (Å²) < 4.78 is 15.4. The number of carbonyl (C=O) groups is 2. The third-order valence-corrected chi connectivity index (χ3v) is 7.28.